The zero-order chi connectivity index (χ0) is 10.7. The van der Waals surface area contributed by atoms with Crippen molar-refractivity contribution in [3.63, 3.8) is 0 Å². The van der Waals surface area contributed by atoms with Crippen LogP contribution in [0.1, 0.15) is 49.2 Å². The highest BCUT2D eigenvalue weighted by molar-refractivity contribution is 7.09. The van der Waals surface area contributed by atoms with Gasteiger partial charge in [-0.15, -0.1) is 11.3 Å². The molecule has 1 aliphatic rings. The largest absolute Gasteiger partial charge is 0.309 e. The van der Waals surface area contributed by atoms with Crippen LogP contribution in [-0.4, -0.2) is 11.5 Å². The van der Waals surface area contributed by atoms with Crippen molar-refractivity contribution in [2.24, 2.45) is 5.92 Å². The predicted molar refractivity (Wildman–Crippen MR) is 65.2 cm³/mol. The molecule has 1 aromatic heterocycles. The summed E-state index contributed by atoms with van der Waals surface area (Å²) in [7, 11) is 0. The molecule has 1 unspecified atom stereocenters. The molecule has 1 fully saturated rings. The molecule has 2 rings (SSSR count). The number of thiazole rings is 1. The summed E-state index contributed by atoms with van der Waals surface area (Å²) in [6.45, 7) is 5.47. The molecule has 0 bridgehead atoms. The highest BCUT2D eigenvalue weighted by Gasteiger charge is 2.20. The minimum absolute atomic E-state index is 0.469. The third kappa shape index (κ3) is 3.28. The Morgan fingerprint density at radius 1 is 1.60 bits per heavy atom. The summed E-state index contributed by atoms with van der Waals surface area (Å²) >= 11 is 1.76. The summed E-state index contributed by atoms with van der Waals surface area (Å²) < 4.78 is 0. The number of hydrogen-bond acceptors (Lipinski definition) is 3. The van der Waals surface area contributed by atoms with Crippen LogP contribution in [0.4, 0.5) is 0 Å². The molecule has 84 valence electrons. The number of nitrogens with one attached hydrogen (secondary N) is 1. The van der Waals surface area contributed by atoms with Gasteiger partial charge in [-0.3, -0.25) is 0 Å². The van der Waals surface area contributed by atoms with E-state index in [9.17, 15) is 0 Å². The molecular weight excluding hydrogens is 204 g/mol. The Morgan fingerprint density at radius 3 is 3.00 bits per heavy atom. The summed E-state index contributed by atoms with van der Waals surface area (Å²) in [5, 5.41) is 3.58. The van der Waals surface area contributed by atoms with Crippen molar-refractivity contribution in [2.45, 2.75) is 45.6 Å². The first-order chi connectivity index (χ1) is 7.27. The smallest absolute Gasteiger partial charge is 0.0798 e. The predicted octanol–water partition coefficient (Wildman–Crippen LogP) is 3.29. The summed E-state index contributed by atoms with van der Waals surface area (Å²) in [5.41, 5.74) is 3.12. The van der Waals surface area contributed by atoms with Gasteiger partial charge < -0.3 is 5.32 Å². The zero-order valence-electron chi connectivity index (χ0n) is 9.62. The van der Waals surface area contributed by atoms with Crippen LogP contribution < -0.4 is 5.32 Å². The summed E-state index contributed by atoms with van der Waals surface area (Å²) in [4.78, 5) is 5.67. The minimum Gasteiger partial charge on any atom is -0.309 e. The number of rotatable bonds is 6. The molecule has 1 atom stereocenters. The average molecular weight is 224 g/mol. The van der Waals surface area contributed by atoms with E-state index in [0.717, 1.165) is 12.5 Å². The van der Waals surface area contributed by atoms with Gasteiger partial charge in [0.25, 0.3) is 0 Å². The lowest BCUT2D eigenvalue weighted by Crippen LogP contribution is -2.19. The average Bonchev–Trinajstić information content (AvgIpc) is 2.94. The Hall–Kier alpha value is -0.410. The van der Waals surface area contributed by atoms with E-state index >= 15 is 0 Å². The van der Waals surface area contributed by atoms with Gasteiger partial charge >= 0.3 is 0 Å². The second-order valence-corrected chi connectivity index (χ2v) is 5.45. The van der Waals surface area contributed by atoms with Gasteiger partial charge in [-0.25, -0.2) is 4.98 Å². The van der Waals surface area contributed by atoms with Crippen molar-refractivity contribution in [3.8, 4) is 0 Å². The van der Waals surface area contributed by atoms with Crippen LogP contribution in [0.3, 0.4) is 0 Å². The van der Waals surface area contributed by atoms with E-state index in [1.807, 2.05) is 5.51 Å². The van der Waals surface area contributed by atoms with Gasteiger partial charge in [0.05, 0.1) is 11.2 Å². The first kappa shape index (κ1) is 11.1. The molecule has 2 nitrogen and oxygen atoms in total. The van der Waals surface area contributed by atoms with Crippen LogP contribution in [0.25, 0.3) is 0 Å². The maximum Gasteiger partial charge on any atom is 0.0798 e. The van der Waals surface area contributed by atoms with Crippen molar-refractivity contribution in [1.29, 1.82) is 0 Å². The first-order valence-electron chi connectivity index (χ1n) is 5.90. The highest BCUT2D eigenvalue weighted by atomic mass is 32.1. The van der Waals surface area contributed by atoms with Crippen LogP contribution in [-0.2, 0) is 0 Å². The lowest BCUT2D eigenvalue weighted by Gasteiger charge is -2.12. The fraction of sp³-hybridized carbons (Fsp3) is 0.750. The van der Waals surface area contributed by atoms with Gasteiger partial charge in [0.2, 0.25) is 0 Å². The molecule has 0 saturated heterocycles. The maximum absolute atomic E-state index is 4.28. The van der Waals surface area contributed by atoms with E-state index in [1.165, 1.54) is 36.3 Å². The van der Waals surface area contributed by atoms with Crippen molar-refractivity contribution >= 4 is 11.3 Å². The molecule has 1 aromatic rings. The Kier molecular flexibility index (Phi) is 3.76. The van der Waals surface area contributed by atoms with Gasteiger partial charge in [0.1, 0.15) is 0 Å². The van der Waals surface area contributed by atoms with E-state index in [1.54, 1.807) is 11.3 Å². The Labute approximate surface area is 96.1 Å². The maximum atomic E-state index is 4.28. The van der Waals surface area contributed by atoms with Crippen LogP contribution in [0, 0.1) is 12.8 Å². The Morgan fingerprint density at radius 2 is 2.40 bits per heavy atom. The number of aryl methyl sites for hydroxylation is 1. The first-order valence-corrected chi connectivity index (χ1v) is 6.78. The molecule has 0 amide bonds. The minimum atomic E-state index is 0.469. The summed E-state index contributed by atoms with van der Waals surface area (Å²) in [6.07, 6.45) is 5.70. The molecule has 0 aliphatic heterocycles. The Balaban J connectivity index is 1.67. The molecular formula is C12H20N2S. The monoisotopic (exact) mass is 224 g/mol. The zero-order valence-corrected chi connectivity index (χ0v) is 10.4. The van der Waals surface area contributed by atoms with Crippen LogP contribution >= 0.6 is 11.3 Å². The SMILES string of the molecule is Cc1ncsc1C(C)NCCCC1CC1. The molecule has 1 saturated carbocycles. The molecule has 1 N–H and O–H groups in total. The normalized spacial score (nSPS) is 18.0. The molecule has 15 heavy (non-hydrogen) atoms. The molecule has 0 radical (unpaired) electrons. The second-order valence-electron chi connectivity index (χ2n) is 4.56. The molecule has 1 heterocycles. The van der Waals surface area contributed by atoms with Crippen LogP contribution in [0.2, 0.25) is 0 Å². The summed E-state index contributed by atoms with van der Waals surface area (Å²) in [5.74, 6) is 1.06. The lowest BCUT2D eigenvalue weighted by molar-refractivity contribution is 0.536. The van der Waals surface area contributed by atoms with Gasteiger partial charge in [-0.2, -0.15) is 0 Å². The van der Waals surface area contributed by atoms with Crippen molar-refractivity contribution in [3.05, 3.63) is 16.1 Å². The second kappa shape index (κ2) is 5.08. The summed E-state index contributed by atoms with van der Waals surface area (Å²) in [6, 6.07) is 0.469. The van der Waals surface area contributed by atoms with Gasteiger partial charge in [-0.1, -0.05) is 12.8 Å². The van der Waals surface area contributed by atoms with Gasteiger partial charge in [0.15, 0.2) is 0 Å². The van der Waals surface area contributed by atoms with Crippen molar-refractivity contribution in [2.75, 3.05) is 6.54 Å². The fourth-order valence-corrected chi connectivity index (χ4v) is 2.77. The van der Waals surface area contributed by atoms with E-state index in [2.05, 4.69) is 24.1 Å². The highest BCUT2D eigenvalue weighted by Crippen LogP contribution is 2.33. The number of hydrogen-bond donors (Lipinski definition) is 1. The van der Waals surface area contributed by atoms with Crippen LogP contribution in [0.15, 0.2) is 5.51 Å². The third-order valence-corrected chi connectivity index (χ3v) is 4.23. The van der Waals surface area contributed by atoms with E-state index in [-0.39, 0.29) is 0 Å². The van der Waals surface area contributed by atoms with E-state index in [0.29, 0.717) is 6.04 Å². The Bertz CT molecular complexity index is 304. The van der Waals surface area contributed by atoms with Crippen LogP contribution in [0.5, 0.6) is 0 Å². The topological polar surface area (TPSA) is 24.9 Å². The lowest BCUT2D eigenvalue weighted by atomic mass is 10.2. The molecule has 1 aliphatic carbocycles. The number of nitrogens with zero attached hydrogens (tertiary/aromatic N) is 1. The van der Waals surface area contributed by atoms with E-state index < -0.39 is 0 Å². The number of aromatic nitrogens is 1. The van der Waals surface area contributed by atoms with Crippen molar-refractivity contribution in [1.82, 2.24) is 10.3 Å². The van der Waals surface area contributed by atoms with Gasteiger partial charge in [0, 0.05) is 10.9 Å². The third-order valence-electron chi connectivity index (χ3n) is 3.11. The standard InChI is InChI=1S/C12H20N2S/c1-9(12-10(2)14-8-15-12)13-7-3-4-11-5-6-11/h8-9,11,13H,3-7H2,1-2H3. The van der Waals surface area contributed by atoms with Gasteiger partial charge in [-0.05, 0) is 39.2 Å². The van der Waals surface area contributed by atoms with Crippen molar-refractivity contribution < 1.29 is 0 Å². The fourth-order valence-electron chi connectivity index (χ4n) is 1.94. The molecule has 0 aromatic carbocycles. The van der Waals surface area contributed by atoms with E-state index in [4.69, 9.17) is 0 Å². The molecule has 3 heteroatoms. The quantitative estimate of drug-likeness (QED) is 0.750. The molecule has 0 spiro atoms.